The smallest absolute Gasteiger partial charge is 0.336 e. The third-order valence-corrected chi connectivity index (χ3v) is 5.65. The van der Waals surface area contributed by atoms with Crippen LogP contribution in [0.3, 0.4) is 0 Å². The Kier molecular flexibility index (Phi) is 5.33. The highest BCUT2D eigenvalue weighted by Crippen LogP contribution is 2.35. The van der Waals surface area contributed by atoms with Crippen molar-refractivity contribution in [3.8, 4) is 0 Å². The van der Waals surface area contributed by atoms with Crippen LogP contribution in [0.5, 0.6) is 0 Å². The minimum absolute atomic E-state index is 0.427. The first kappa shape index (κ1) is 16.5. The van der Waals surface area contributed by atoms with Crippen LogP contribution in [0.2, 0.25) is 0 Å². The maximum Gasteiger partial charge on any atom is 0.336 e. The summed E-state index contributed by atoms with van der Waals surface area (Å²) in [5.41, 5.74) is 4.20. The molecular formula is C19H20INO2. The molecule has 2 N–H and O–H groups in total. The van der Waals surface area contributed by atoms with Gasteiger partial charge in [0.25, 0.3) is 0 Å². The predicted molar refractivity (Wildman–Crippen MR) is 100 cm³/mol. The summed E-state index contributed by atoms with van der Waals surface area (Å²) in [5, 5.41) is 12.8. The van der Waals surface area contributed by atoms with Gasteiger partial charge in [-0.1, -0.05) is 36.4 Å². The molecule has 0 aromatic heterocycles. The fourth-order valence-electron chi connectivity index (χ4n) is 3.32. The Labute approximate surface area is 150 Å². The molecule has 0 spiro atoms. The lowest BCUT2D eigenvalue weighted by atomic mass is 9.84. The molecule has 0 amide bonds. The monoisotopic (exact) mass is 421 g/mol. The van der Waals surface area contributed by atoms with E-state index in [2.05, 4.69) is 52.2 Å². The van der Waals surface area contributed by atoms with Crippen molar-refractivity contribution >= 4 is 28.6 Å². The number of aromatic carboxylic acids is 1. The van der Waals surface area contributed by atoms with Crippen LogP contribution in [0.4, 0.5) is 0 Å². The Morgan fingerprint density at radius 3 is 2.48 bits per heavy atom. The molecule has 0 unspecified atom stereocenters. The fraction of sp³-hybridized carbons (Fsp3) is 0.316. The number of hydrogen-bond donors (Lipinski definition) is 2. The lowest BCUT2D eigenvalue weighted by Gasteiger charge is -2.27. The van der Waals surface area contributed by atoms with Gasteiger partial charge in [0.15, 0.2) is 0 Å². The Balaban J connectivity index is 2.03. The number of piperidine rings is 1. The van der Waals surface area contributed by atoms with Crippen LogP contribution in [-0.2, 0) is 6.42 Å². The zero-order chi connectivity index (χ0) is 16.2. The molecule has 2 aromatic rings. The van der Waals surface area contributed by atoms with Crippen LogP contribution in [0.15, 0.2) is 42.5 Å². The van der Waals surface area contributed by atoms with Gasteiger partial charge in [-0.3, -0.25) is 0 Å². The summed E-state index contributed by atoms with van der Waals surface area (Å²) in [6.45, 7) is 2.01. The third kappa shape index (κ3) is 3.75. The number of carbonyl (C=O) groups is 1. The van der Waals surface area contributed by atoms with Crippen LogP contribution in [-0.4, -0.2) is 24.2 Å². The van der Waals surface area contributed by atoms with Gasteiger partial charge in [0.1, 0.15) is 0 Å². The van der Waals surface area contributed by atoms with E-state index in [-0.39, 0.29) is 0 Å². The maximum atomic E-state index is 11.5. The number of benzene rings is 2. The fourth-order valence-corrected chi connectivity index (χ4v) is 4.52. The quantitative estimate of drug-likeness (QED) is 0.733. The molecule has 0 radical (unpaired) electrons. The first-order valence-electron chi connectivity index (χ1n) is 7.96. The van der Waals surface area contributed by atoms with Crippen LogP contribution in [0.1, 0.15) is 45.8 Å². The zero-order valence-corrected chi connectivity index (χ0v) is 15.0. The van der Waals surface area contributed by atoms with Crippen LogP contribution in [0, 0.1) is 3.57 Å². The van der Waals surface area contributed by atoms with Crippen LogP contribution < -0.4 is 5.32 Å². The summed E-state index contributed by atoms with van der Waals surface area (Å²) < 4.78 is 0.912. The zero-order valence-electron chi connectivity index (χ0n) is 12.9. The number of nitrogens with one attached hydrogen (secondary N) is 1. The molecule has 1 fully saturated rings. The number of carboxylic acid groups (broad SMARTS) is 1. The first-order chi connectivity index (χ1) is 11.2. The van der Waals surface area contributed by atoms with E-state index in [9.17, 15) is 9.90 Å². The SMILES string of the molecule is O=C(O)c1ccc(Cc2ccccc2)c(C2CCNCC2)c1I. The van der Waals surface area contributed by atoms with Crippen molar-refractivity contribution in [3.05, 3.63) is 68.3 Å². The van der Waals surface area contributed by atoms with Crippen molar-refractivity contribution in [1.82, 2.24) is 5.32 Å². The first-order valence-corrected chi connectivity index (χ1v) is 9.04. The van der Waals surface area contributed by atoms with Crippen molar-refractivity contribution in [3.63, 3.8) is 0 Å². The van der Waals surface area contributed by atoms with Gasteiger partial charge in [-0.05, 0) is 83.6 Å². The lowest BCUT2D eigenvalue weighted by Crippen LogP contribution is -2.28. The Morgan fingerprint density at radius 1 is 1.13 bits per heavy atom. The summed E-state index contributed by atoms with van der Waals surface area (Å²) in [6, 6.07) is 14.2. The highest BCUT2D eigenvalue weighted by atomic mass is 127. The Hall–Kier alpha value is -1.40. The van der Waals surface area contributed by atoms with E-state index in [1.165, 1.54) is 16.7 Å². The highest BCUT2D eigenvalue weighted by Gasteiger charge is 2.24. The Bertz CT molecular complexity index is 694. The van der Waals surface area contributed by atoms with Gasteiger partial charge in [0, 0.05) is 3.57 Å². The van der Waals surface area contributed by atoms with E-state index < -0.39 is 5.97 Å². The van der Waals surface area contributed by atoms with E-state index in [1.54, 1.807) is 6.07 Å². The molecule has 3 rings (SSSR count). The molecule has 0 saturated carbocycles. The topological polar surface area (TPSA) is 49.3 Å². The van der Waals surface area contributed by atoms with Crippen LogP contribution in [0.25, 0.3) is 0 Å². The van der Waals surface area contributed by atoms with Crippen LogP contribution >= 0.6 is 22.6 Å². The van der Waals surface area contributed by atoms with E-state index in [4.69, 9.17) is 0 Å². The van der Waals surface area contributed by atoms with Gasteiger partial charge in [0.2, 0.25) is 0 Å². The maximum absolute atomic E-state index is 11.5. The van der Waals surface area contributed by atoms with Gasteiger partial charge in [-0.15, -0.1) is 0 Å². The van der Waals surface area contributed by atoms with E-state index >= 15 is 0 Å². The molecule has 120 valence electrons. The summed E-state index contributed by atoms with van der Waals surface area (Å²) in [7, 11) is 0. The van der Waals surface area contributed by atoms with Gasteiger partial charge < -0.3 is 10.4 Å². The molecule has 1 aliphatic heterocycles. The Morgan fingerprint density at radius 2 is 1.83 bits per heavy atom. The van der Waals surface area contributed by atoms with E-state index in [1.807, 2.05) is 12.1 Å². The molecule has 1 saturated heterocycles. The van der Waals surface area contributed by atoms with E-state index in [0.29, 0.717) is 11.5 Å². The average molecular weight is 421 g/mol. The molecule has 1 heterocycles. The van der Waals surface area contributed by atoms with Crippen molar-refractivity contribution in [2.45, 2.75) is 25.2 Å². The van der Waals surface area contributed by atoms with Crippen molar-refractivity contribution in [2.24, 2.45) is 0 Å². The molecular weight excluding hydrogens is 401 g/mol. The highest BCUT2D eigenvalue weighted by molar-refractivity contribution is 14.1. The van der Waals surface area contributed by atoms with Crippen molar-refractivity contribution < 1.29 is 9.90 Å². The lowest BCUT2D eigenvalue weighted by molar-refractivity contribution is 0.0695. The second-order valence-corrected chi connectivity index (χ2v) is 7.07. The second kappa shape index (κ2) is 7.45. The van der Waals surface area contributed by atoms with Gasteiger partial charge >= 0.3 is 5.97 Å². The summed E-state index contributed by atoms with van der Waals surface area (Å²) >= 11 is 2.23. The summed E-state index contributed by atoms with van der Waals surface area (Å²) in [5.74, 6) is -0.392. The molecule has 1 aliphatic rings. The molecule has 2 aromatic carbocycles. The number of hydrogen-bond acceptors (Lipinski definition) is 2. The molecule has 4 heteroatoms. The minimum atomic E-state index is -0.837. The standard InChI is InChI=1S/C19H20INO2/c20-18-16(19(22)23)7-6-15(12-13-4-2-1-3-5-13)17(18)14-8-10-21-11-9-14/h1-7,14,21H,8-12H2,(H,22,23). The van der Waals surface area contributed by atoms with Gasteiger partial charge in [-0.2, -0.15) is 0 Å². The summed E-state index contributed by atoms with van der Waals surface area (Å²) in [4.78, 5) is 11.5. The third-order valence-electron chi connectivity index (χ3n) is 4.49. The molecule has 3 nitrogen and oxygen atoms in total. The van der Waals surface area contributed by atoms with Gasteiger partial charge in [0.05, 0.1) is 5.56 Å². The normalized spacial score (nSPS) is 15.5. The molecule has 0 atom stereocenters. The average Bonchev–Trinajstić information content (AvgIpc) is 2.56. The second-order valence-electron chi connectivity index (χ2n) is 5.99. The van der Waals surface area contributed by atoms with Gasteiger partial charge in [-0.25, -0.2) is 4.79 Å². The number of halogens is 1. The molecule has 23 heavy (non-hydrogen) atoms. The number of rotatable bonds is 4. The van der Waals surface area contributed by atoms with E-state index in [0.717, 1.165) is 35.9 Å². The van der Waals surface area contributed by atoms with Crippen molar-refractivity contribution in [1.29, 1.82) is 0 Å². The molecule has 0 aliphatic carbocycles. The molecule has 0 bridgehead atoms. The largest absolute Gasteiger partial charge is 0.478 e. The summed E-state index contributed by atoms with van der Waals surface area (Å²) in [6.07, 6.45) is 3.00. The number of carboxylic acids is 1. The predicted octanol–water partition coefficient (Wildman–Crippen LogP) is 4.05. The minimum Gasteiger partial charge on any atom is -0.478 e. The van der Waals surface area contributed by atoms with Crippen molar-refractivity contribution in [2.75, 3.05) is 13.1 Å².